The summed E-state index contributed by atoms with van der Waals surface area (Å²) in [6.45, 7) is 2.13. The first-order valence-corrected chi connectivity index (χ1v) is 8.66. The van der Waals surface area contributed by atoms with E-state index in [9.17, 15) is 0 Å². The van der Waals surface area contributed by atoms with Crippen LogP contribution in [-0.4, -0.2) is 16.8 Å². The summed E-state index contributed by atoms with van der Waals surface area (Å²) in [6, 6.07) is 5.45. The van der Waals surface area contributed by atoms with Crippen LogP contribution in [0.2, 0.25) is 0 Å². The minimum Gasteiger partial charge on any atom is -0.454 e. The van der Waals surface area contributed by atoms with Crippen molar-refractivity contribution >= 4 is 17.7 Å². The van der Waals surface area contributed by atoms with Crippen LogP contribution in [0.25, 0.3) is 17.7 Å². The monoisotopic (exact) mass is 361 g/mol. The molecule has 4 rings (SSSR count). The normalized spacial score (nSPS) is 15.1. The highest BCUT2D eigenvalue weighted by molar-refractivity contribution is 5.69. The zero-order valence-electron chi connectivity index (χ0n) is 14.9. The second-order valence-corrected chi connectivity index (χ2v) is 5.91. The molecule has 0 atom stereocenters. The van der Waals surface area contributed by atoms with Crippen molar-refractivity contribution in [2.45, 2.75) is 13.3 Å². The molecule has 136 valence electrons. The third-order valence-corrected chi connectivity index (χ3v) is 4.19. The predicted octanol–water partition coefficient (Wildman–Crippen LogP) is 2.39. The fraction of sp³-hybridized carbons (Fsp3) is 0.143. The fourth-order valence-corrected chi connectivity index (χ4v) is 2.87. The minimum absolute atomic E-state index is 0.219. The Kier molecular flexibility index (Phi) is 4.61. The molecule has 6 heteroatoms. The zero-order valence-corrected chi connectivity index (χ0v) is 14.9. The molecule has 0 unspecified atom stereocenters. The number of nitrogens with two attached hydrogens (primary N) is 1. The lowest BCUT2D eigenvalue weighted by atomic mass is 10.2. The highest BCUT2D eigenvalue weighted by atomic mass is 16.7. The summed E-state index contributed by atoms with van der Waals surface area (Å²) in [6.07, 6.45) is 14.0. The van der Waals surface area contributed by atoms with Gasteiger partial charge in [0.2, 0.25) is 12.7 Å². The van der Waals surface area contributed by atoms with E-state index < -0.39 is 0 Å². The number of hydrogen-bond acceptors (Lipinski definition) is 6. The Bertz CT molecular complexity index is 1080. The molecular weight excluding hydrogens is 342 g/mol. The Hall–Kier alpha value is -3.54. The van der Waals surface area contributed by atoms with Crippen molar-refractivity contribution < 1.29 is 14.2 Å². The molecule has 2 aliphatic rings. The van der Waals surface area contributed by atoms with Crippen LogP contribution in [0.3, 0.4) is 0 Å². The molecule has 0 spiro atoms. The first kappa shape index (κ1) is 16.9. The van der Waals surface area contributed by atoms with Crippen molar-refractivity contribution in [2.24, 2.45) is 5.73 Å². The number of benzene rings is 1. The number of ether oxygens (including phenoxy) is 3. The van der Waals surface area contributed by atoms with Crippen LogP contribution >= 0.6 is 0 Å². The van der Waals surface area contributed by atoms with Gasteiger partial charge in [-0.3, -0.25) is 0 Å². The van der Waals surface area contributed by atoms with Gasteiger partial charge in [-0.15, -0.1) is 0 Å². The average Bonchev–Trinajstić information content (AvgIpc) is 3.01. The standard InChI is InChI=1S/C21H19N3O3/c1-2-14(10-11-22)20-23-17-7-5-3-4-6-16(17)21(24-20)27-15-8-9-18-19(12-15)26-13-25-18/h2-3,5-12H,4,13,22H2,1H3/b11-10-,14-2+. The van der Waals surface area contributed by atoms with E-state index in [4.69, 9.17) is 19.9 Å². The van der Waals surface area contributed by atoms with Gasteiger partial charge in [-0.25, -0.2) is 4.98 Å². The van der Waals surface area contributed by atoms with E-state index in [2.05, 4.69) is 22.1 Å². The van der Waals surface area contributed by atoms with E-state index in [1.807, 2.05) is 37.3 Å². The van der Waals surface area contributed by atoms with Gasteiger partial charge in [0.1, 0.15) is 5.75 Å². The van der Waals surface area contributed by atoms with Crippen molar-refractivity contribution in [1.82, 2.24) is 9.97 Å². The van der Waals surface area contributed by atoms with Gasteiger partial charge < -0.3 is 19.9 Å². The van der Waals surface area contributed by atoms with Crippen LogP contribution in [0.4, 0.5) is 0 Å². The van der Waals surface area contributed by atoms with E-state index >= 15 is 0 Å². The predicted molar refractivity (Wildman–Crippen MR) is 104 cm³/mol. The maximum atomic E-state index is 6.12. The SMILES string of the molecule is C/C=C(\C=C/N)c1nc(Oc2ccc3c(c2)OCO3)c2c(n1)=CC=CCC=2. The second kappa shape index (κ2) is 7.37. The Morgan fingerprint density at radius 2 is 2.11 bits per heavy atom. The number of nitrogens with zero attached hydrogens (tertiary/aromatic N) is 2. The van der Waals surface area contributed by atoms with Gasteiger partial charge in [-0.2, -0.15) is 4.98 Å². The van der Waals surface area contributed by atoms with Gasteiger partial charge in [0.05, 0.1) is 10.6 Å². The lowest BCUT2D eigenvalue weighted by Gasteiger charge is -2.09. The summed E-state index contributed by atoms with van der Waals surface area (Å²) in [5, 5.41) is 1.66. The Morgan fingerprint density at radius 3 is 2.96 bits per heavy atom. The number of hydrogen-bond donors (Lipinski definition) is 1. The Balaban J connectivity index is 1.83. The summed E-state index contributed by atoms with van der Waals surface area (Å²) in [5.41, 5.74) is 6.38. The Labute approximate surface area is 156 Å². The quantitative estimate of drug-likeness (QED) is 0.843. The molecule has 2 aromatic rings. The average molecular weight is 361 g/mol. The maximum absolute atomic E-state index is 6.12. The van der Waals surface area contributed by atoms with Gasteiger partial charge in [0.25, 0.3) is 0 Å². The van der Waals surface area contributed by atoms with Crippen LogP contribution in [-0.2, 0) is 0 Å². The van der Waals surface area contributed by atoms with Crippen molar-refractivity contribution in [1.29, 1.82) is 0 Å². The molecule has 2 N–H and O–H groups in total. The van der Waals surface area contributed by atoms with Crippen LogP contribution in [0.5, 0.6) is 23.1 Å². The number of allylic oxidation sites excluding steroid dienone is 5. The molecule has 0 fully saturated rings. The van der Waals surface area contributed by atoms with E-state index in [1.165, 1.54) is 6.20 Å². The lowest BCUT2D eigenvalue weighted by Crippen LogP contribution is -2.31. The molecule has 0 radical (unpaired) electrons. The molecule has 0 saturated carbocycles. The largest absolute Gasteiger partial charge is 0.454 e. The van der Waals surface area contributed by atoms with Gasteiger partial charge in [0, 0.05) is 11.6 Å². The zero-order chi connectivity index (χ0) is 18.6. The molecule has 2 heterocycles. The van der Waals surface area contributed by atoms with Crippen molar-refractivity contribution in [3.63, 3.8) is 0 Å². The van der Waals surface area contributed by atoms with Gasteiger partial charge in [0.15, 0.2) is 17.3 Å². The molecule has 0 bridgehead atoms. The molecule has 1 aliphatic carbocycles. The highest BCUT2D eigenvalue weighted by Gasteiger charge is 2.15. The summed E-state index contributed by atoms with van der Waals surface area (Å²) in [7, 11) is 0. The number of rotatable bonds is 4. The van der Waals surface area contributed by atoms with Crippen LogP contribution in [0.15, 0.2) is 48.7 Å². The lowest BCUT2D eigenvalue weighted by molar-refractivity contribution is 0.174. The molecule has 1 aliphatic heterocycles. The van der Waals surface area contributed by atoms with Crippen molar-refractivity contribution in [3.8, 4) is 23.1 Å². The summed E-state index contributed by atoms with van der Waals surface area (Å²) in [4.78, 5) is 9.32. The molecule has 0 amide bonds. The molecule has 0 saturated heterocycles. The smallest absolute Gasteiger partial charge is 0.231 e. The van der Waals surface area contributed by atoms with Gasteiger partial charge in [-0.1, -0.05) is 24.3 Å². The van der Waals surface area contributed by atoms with E-state index in [0.717, 1.165) is 22.6 Å². The summed E-state index contributed by atoms with van der Waals surface area (Å²) < 4.78 is 16.9. The van der Waals surface area contributed by atoms with Crippen LogP contribution < -0.4 is 30.5 Å². The molecule has 1 aromatic carbocycles. The minimum atomic E-state index is 0.219. The number of aromatic nitrogens is 2. The third-order valence-electron chi connectivity index (χ3n) is 4.19. The summed E-state index contributed by atoms with van der Waals surface area (Å²) >= 11 is 0. The highest BCUT2D eigenvalue weighted by Crippen LogP contribution is 2.36. The van der Waals surface area contributed by atoms with E-state index in [-0.39, 0.29) is 6.79 Å². The van der Waals surface area contributed by atoms with E-state index in [1.54, 1.807) is 12.1 Å². The molecule has 1 aromatic heterocycles. The summed E-state index contributed by atoms with van der Waals surface area (Å²) in [5.74, 6) is 3.02. The Morgan fingerprint density at radius 1 is 1.22 bits per heavy atom. The second-order valence-electron chi connectivity index (χ2n) is 5.91. The van der Waals surface area contributed by atoms with Gasteiger partial charge >= 0.3 is 0 Å². The van der Waals surface area contributed by atoms with Crippen molar-refractivity contribution in [2.75, 3.05) is 6.79 Å². The molecular formula is C21H19N3O3. The third kappa shape index (κ3) is 3.42. The maximum Gasteiger partial charge on any atom is 0.231 e. The fourth-order valence-electron chi connectivity index (χ4n) is 2.87. The topological polar surface area (TPSA) is 79.5 Å². The van der Waals surface area contributed by atoms with Crippen LogP contribution in [0, 0.1) is 0 Å². The van der Waals surface area contributed by atoms with E-state index in [0.29, 0.717) is 29.0 Å². The van der Waals surface area contributed by atoms with Crippen molar-refractivity contribution in [3.05, 3.63) is 65.1 Å². The van der Waals surface area contributed by atoms with Gasteiger partial charge in [-0.05, 0) is 43.8 Å². The molecule has 6 nitrogen and oxygen atoms in total. The first-order valence-electron chi connectivity index (χ1n) is 8.66. The van der Waals surface area contributed by atoms with Crippen LogP contribution in [0.1, 0.15) is 19.2 Å². The molecule has 27 heavy (non-hydrogen) atoms. The number of fused-ring (bicyclic) bond motifs is 2. The first-order chi connectivity index (χ1) is 13.3.